The highest BCUT2D eigenvalue weighted by atomic mass is 35.5. The summed E-state index contributed by atoms with van der Waals surface area (Å²) >= 11 is 5.86. The lowest BCUT2D eigenvalue weighted by molar-refractivity contribution is -0.120. The lowest BCUT2D eigenvalue weighted by atomic mass is 9.88. The molecule has 0 saturated heterocycles. The Morgan fingerprint density at radius 3 is 2.52 bits per heavy atom. The third kappa shape index (κ3) is 6.28. The van der Waals surface area contributed by atoms with E-state index in [2.05, 4.69) is 20.0 Å². The molecule has 1 saturated carbocycles. The summed E-state index contributed by atoms with van der Waals surface area (Å²) in [5.74, 6) is -1.80. The van der Waals surface area contributed by atoms with E-state index in [0.29, 0.717) is 5.69 Å². The van der Waals surface area contributed by atoms with Crippen molar-refractivity contribution in [1.82, 2.24) is 10.3 Å². The Hall–Kier alpha value is -2.94. The molecule has 4 N–H and O–H groups in total. The van der Waals surface area contributed by atoms with Crippen LogP contribution in [0.4, 0.5) is 10.1 Å². The molecule has 0 atom stereocenters. The zero-order valence-electron chi connectivity index (χ0n) is 15.8. The van der Waals surface area contributed by atoms with Crippen molar-refractivity contribution in [3.8, 4) is 0 Å². The molecule has 0 bridgehead atoms. The van der Waals surface area contributed by atoms with Crippen molar-refractivity contribution < 1.29 is 23.2 Å². The summed E-state index contributed by atoms with van der Waals surface area (Å²) < 4.78 is 17.5. The number of amides is 3. The molecule has 1 aromatic carbocycles. The summed E-state index contributed by atoms with van der Waals surface area (Å²) in [6.07, 6.45) is 6.28. The highest BCUT2D eigenvalue weighted by Crippen LogP contribution is 2.27. The fraction of sp³-hybridized carbons (Fsp3) is 0.368. The molecule has 29 heavy (non-hydrogen) atoms. The van der Waals surface area contributed by atoms with Gasteiger partial charge in [0.2, 0.25) is 11.7 Å². The molecule has 8 nitrogen and oxygen atoms in total. The molecule has 0 unspecified atom stereocenters. The normalized spacial score (nSPS) is 13.8. The number of oxazole rings is 1. The van der Waals surface area contributed by atoms with Crippen molar-refractivity contribution >= 4 is 35.0 Å². The number of anilines is 1. The third-order valence-corrected chi connectivity index (χ3v) is 4.71. The van der Waals surface area contributed by atoms with Gasteiger partial charge in [0, 0.05) is 13.0 Å². The molecule has 1 fully saturated rings. The lowest BCUT2D eigenvalue weighted by Gasteiger charge is -2.21. The summed E-state index contributed by atoms with van der Waals surface area (Å²) in [4.78, 5) is 37.0. The van der Waals surface area contributed by atoms with Gasteiger partial charge in [0.25, 0.3) is 11.8 Å². The molecular formula is C19H22ClFN4O4. The molecular weight excluding hydrogens is 403 g/mol. The van der Waals surface area contributed by atoms with Crippen molar-refractivity contribution in [2.45, 2.75) is 32.1 Å². The van der Waals surface area contributed by atoms with E-state index < -0.39 is 17.6 Å². The van der Waals surface area contributed by atoms with Gasteiger partial charge in [0.1, 0.15) is 5.82 Å². The highest BCUT2D eigenvalue weighted by molar-refractivity contribution is 6.33. The smallest absolute Gasteiger partial charge is 0.289 e. The molecule has 0 radical (unpaired) electrons. The van der Waals surface area contributed by atoms with Crippen LogP contribution in [0.5, 0.6) is 0 Å². The van der Waals surface area contributed by atoms with Gasteiger partial charge < -0.3 is 20.8 Å². The van der Waals surface area contributed by atoms with Crippen LogP contribution in [0.25, 0.3) is 0 Å². The molecule has 0 aliphatic heterocycles. The first-order chi connectivity index (χ1) is 13.8. The number of nitrogens with two attached hydrogens (primary N) is 1. The standard InChI is InChI=1S/C13H15ClFNO.C6H7N3O3/c14-11-8-10(15)6-7-12(11)16-13(17)9-4-2-1-3-5-9;1-8-6(11)4-3(5(7)10)9-2-12-4/h6-9H,1-5H2,(H,16,17);2H,1H3,(H2,7,10)(H,8,11). The second-order valence-corrected chi connectivity index (χ2v) is 6.83. The Morgan fingerprint density at radius 2 is 1.93 bits per heavy atom. The quantitative estimate of drug-likeness (QED) is 0.694. The Morgan fingerprint density at radius 1 is 1.24 bits per heavy atom. The first-order valence-corrected chi connectivity index (χ1v) is 9.42. The van der Waals surface area contributed by atoms with Crippen LogP contribution in [0.1, 0.15) is 53.1 Å². The van der Waals surface area contributed by atoms with E-state index in [9.17, 15) is 18.8 Å². The van der Waals surface area contributed by atoms with Crippen LogP contribution in [0.15, 0.2) is 29.0 Å². The number of nitrogens with zero attached hydrogens (tertiary/aromatic N) is 1. The summed E-state index contributed by atoms with van der Waals surface area (Å²) in [7, 11) is 1.41. The van der Waals surface area contributed by atoms with Gasteiger partial charge in [-0.15, -0.1) is 0 Å². The number of benzene rings is 1. The lowest BCUT2D eigenvalue weighted by Crippen LogP contribution is -2.24. The number of halogens is 2. The molecule has 10 heteroatoms. The molecule has 3 rings (SSSR count). The van der Waals surface area contributed by atoms with Crippen LogP contribution in [-0.4, -0.2) is 29.8 Å². The van der Waals surface area contributed by atoms with Crippen LogP contribution >= 0.6 is 11.6 Å². The first-order valence-electron chi connectivity index (χ1n) is 9.04. The summed E-state index contributed by atoms with van der Waals surface area (Å²) in [6, 6.07) is 4.00. The molecule has 0 spiro atoms. The number of rotatable bonds is 4. The van der Waals surface area contributed by atoms with Gasteiger partial charge in [-0.2, -0.15) is 0 Å². The molecule has 1 aromatic heterocycles. The third-order valence-electron chi connectivity index (χ3n) is 4.40. The number of hydrogen-bond acceptors (Lipinski definition) is 5. The van der Waals surface area contributed by atoms with Crippen molar-refractivity contribution in [2.75, 3.05) is 12.4 Å². The molecule has 1 aliphatic rings. The zero-order chi connectivity index (χ0) is 21.4. The van der Waals surface area contributed by atoms with Gasteiger partial charge in [-0.1, -0.05) is 30.9 Å². The van der Waals surface area contributed by atoms with E-state index in [-0.39, 0.29) is 28.3 Å². The van der Waals surface area contributed by atoms with E-state index in [4.69, 9.17) is 17.3 Å². The van der Waals surface area contributed by atoms with Crippen molar-refractivity contribution in [2.24, 2.45) is 11.7 Å². The average molecular weight is 425 g/mol. The second-order valence-electron chi connectivity index (χ2n) is 6.42. The zero-order valence-corrected chi connectivity index (χ0v) is 16.6. The monoisotopic (exact) mass is 424 g/mol. The van der Waals surface area contributed by atoms with E-state index in [1.165, 1.54) is 31.7 Å². The maximum absolute atomic E-state index is 12.8. The number of hydrogen-bond donors (Lipinski definition) is 3. The molecule has 1 aliphatic carbocycles. The van der Waals surface area contributed by atoms with E-state index in [0.717, 1.165) is 32.1 Å². The second kappa shape index (κ2) is 10.6. The first kappa shape index (κ1) is 22.4. The van der Waals surface area contributed by atoms with Gasteiger partial charge in [-0.3, -0.25) is 14.4 Å². The van der Waals surface area contributed by atoms with Gasteiger partial charge in [-0.25, -0.2) is 9.37 Å². The molecule has 156 valence electrons. The van der Waals surface area contributed by atoms with Gasteiger partial charge in [-0.05, 0) is 31.0 Å². The van der Waals surface area contributed by atoms with Gasteiger partial charge >= 0.3 is 0 Å². The predicted molar refractivity (Wildman–Crippen MR) is 105 cm³/mol. The fourth-order valence-electron chi connectivity index (χ4n) is 2.89. The number of nitrogens with one attached hydrogen (secondary N) is 2. The van der Waals surface area contributed by atoms with Crippen molar-refractivity contribution in [1.29, 1.82) is 0 Å². The Balaban J connectivity index is 0.000000221. The van der Waals surface area contributed by atoms with Crippen molar-refractivity contribution in [3.05, 3.63) is 46.9 Å². The molecule has 3 amide bonds. The van der Waals surface area contributed by atoms with Crippen LogP contribution in [0.2, 0.25) is 5.02 Å². The minimum atomic E-state index is -0.789. The Bertz CT molecular complexity index is 881. The molecule has 1 heterocycles. The maximum atomic E-state index is 12.8. The van der Waals surface area contributed by atoms with Gasteiger partial charge in [0.15, 0.2) is 12.1 Å². The van der Waals surface area contributed by atoms with Crippen LogP contribution in [0, 0.1) is 11.7 Å². The van der Waals surface area contributed by atoms with E-state index in [1.807, 2.05) is 0 Å². The minimum Gasteiger partial charge on any atom is -0.437 e. The molecule has 2 aromatic rings. The van der Waals surface area contributed by atoms with E-state index >= 15 is 0 Å². The van der Waals surface area contributed by atoms with Crippen molar-refractivity contribution in [3.63, 3.8) is 0 Å². The van der Waals surface area contributed by atoms with Gasteiger partial charge in [0.05, 0.1) is 10.7 Å². The predicted octanol–water partition coefficient (Wildman–Crippen LogP) is 3.13. The summed E-state index contributed by atoms with van der Waals surface area (Å²) in [5, 5.41) is 5.30. The number of carbonyl (C=O) groups is 3. The summed E-state index contributed by atoms with van der Waals surface area (Å²) in [6.45, 7) is 0. The fourth-order valence-corrected chi connectivity index (χ4v) is 3.10. The number of carbonyl (C=O) groups excluding carboxylic acids is 3. The Kier molecular flexibility index (Phi) is 8.14. The van der Waals surface area contributed by atoms with E-state index in [1.54, 1.807) is 0 Å². The van der Waals surface area contributed by atoms with Crippen LogP contribution < -0.4 is 16.4 Å². The summed E-state index contributed by atoms with van der Waals surface area (Å²) in [5.41, 5.74) is 5.24. The largest absolute Gasteiger partial charge is 0.437 e. The van der Waals surface area contributed by atoms with Crippen LogP contribution in [-0.2, 0) is 4.79 Å². The number of primary amides is 1. The number of aromatic nitrogens is 1. The SMILES string of the molecule is CNC(=O)c1ocnc1C(N)=O.O=C(Nc1ccc(F)cc1Cl)C1CCCCC1. The average Bonchev–Trinajstić information content (AvgIpc) is 3.21. The Labute approximate surface area is 172 Å². The highest BCUT2D eigenvalue weighted by Gasteiger charge is 2.21. The van der Waals surface area contributed by atoms with Crippen LogP contribution in [0.3, 0.4) is 0 Å². The minimum absolute atomic E-state index is 0.00166. The maximum Gasteiger partial charge on any atom is 0.289 e. The topological polar surface area (TPSA) is 127 Å².